The molecule has 1 atom stereocenters. The van der Waals surface area contributed by atoms with Gasteiger partial charge in [0.1, 0.15) is 0 Å². The lowest BCUT2D eigenvalue weighted by Crippen LogP contribution is -2.06. The van der Waals surface area contributed by atoms with Crippen LogP contribution in [0.15, 0.2) is 36.4 Å². The van der Waals surface area contributed by atoms with E-state index < -0.39 is 0 Å². The Morgan fingerprint density at radius 1 is 0.895 bits per heavy atom. The van der Waals surface area contributed by atoms with E-state index in [0.717, 1.165) is 21.8 Å². The van der Waals surface area contributed by atoms with E-state index in [-0.39, 0.29) is 6.04 Å². The topological polar surface area (TPSA) is 12.0 Å². The Labute approximate surface area is 128 Å². The van der Waals surface area contributed by atoms with Crippen molar-refractivity contribution in [2.75, 3.05) is 5.32 Å². The van der Waals surface area contributed by atoms with E-state index >= 15 is 0 Å². The maximum Gasteiger partial charge on any atom is 0.0595 e. The molecule has 100 valence electrons. The smallest absolute Gasteiger partial charge is 0.0595 e. The molecule has 1 unspecified atom stereocenters. The van der Waals surface area contributed by atoms with Gasteiger partial charge in [-0.05, 0) is 49.2 Å². The van der Waals surface area contributed by atoms with Crippen LogP contribution >= 0.6 is 34.8 Å². The van der Waals surface area contributed by atoms with Gasteiger partial charge in [0.15, 0.2) is 0 Å². The highest BCUT2D eigenvalue weighted by atomic mass is 35.5. The van der Waals surface area contributed by atoms with Crippen molar-refractivity contribution in [3.63, 3.8) is 0 Å². The largest absolute Gasteiger partial charge is 0.378 e. The second-order valence-electron chi connectivity index (χ2n) is 4.50. The van der Waals surface area contributed by atoms with Crippen molar-refractivity contribution in [2.45, 2.75) is 19.9 Å². The highest BCUT2D eigenvalue weighted by Crippen LogP contribution is 2.28. The van der Waals surface area contributed by atoms with Crippen LogP contribution in [-0.2, 0) is 0 Å². The van der Waals surface area contributed by atoms with Crippen molar-refractivity contribution in [3.05, 3.63) is 62.6 Å². The molecule has 0 aliphatic rings. The second-order valence-corrected chi connectivity index (χ2v) is 5.73. The first-order valence-electron chi connectivity index (χ1n) is 5.95. The molecule has 0 amide bonds. The summed E-state index contributed by atoms with van der Waals surface area (Å²) in [5, 5.41) is 5.27. The first-order valence-corrected chi connectivity index (χ1v) is 7.08. The van der Waals surface area contributed by atoms with Gasteiger partial charge in [0.25, 0.3) is 0 Å². The molecule has 0 aliphatic carbocycles. The summed E-state index contributed by atoms with van der Waals surface area (Å²) in [6, 6.07) is 11.7. The number of aryl methyl sites for hydroxylation is 1. The highest BCUT2D eigenvalue weighted by Gasteiger charge is 2.08. The minimum absolute atomic E-state index is 0.119. The van der Waals surface area contributed by atoms with Crippen molar-refractivity contribution >= 4 is 40.5 Å². The Kier molecular flexibility index (Phi) is 4.62. The summed E-state index contributed by atoms with van der Waals surface area (Å²) < 4.78 is 0. The van der Waals surface area contributed by atoms with Crippen molar-refractivity contribution in [1.29, 1.82) is 0 Å². The Balaban J connectivity index is 2.17. The van der Waals surface area contributed by atoms with Crippen LogP contribution in [0, 0.1) is 6.92 Å². The van der Waals surface area contributed by atoms with Crippen LogP contribution in [0.25, 0.3) is 0 Å². The summed E-state index contributed by atoms with van der Waals surface area (Å²) in [7, 11) is 0. The van der Waals surface area contributed by atoms with Crippen molar-refractivity contribution in [2.24, 2.45) is 0 Å². The lowest BCUT2D eigenvalue weighted by molar-refractivity contribution is 0.885. The van der Waals surface area contributed by atoms with Gasteiger partial charge in [-0.25, -0.2) is 0 Å². The Hall–Kier alpha value is -0.890. The fraction of sp³-hybridized carbons (Fsp3) is 0.200. The summed E-state index contributed by atoms with van der Waals surface area (Å²) in [6.07, 6.45) is 0. The summed E-state index contributed by atoms with van der Waals surface area (Å²) in [5.74, 6) is 0. The normalized spacial score (nSPS) is 12.3. The van der Waals surface area contributed by atoms with Crippen LogP contribution in [0.4, 0.5) is 5.69 Å². The number of anilines is 1. The molecule has 0 aliphatic heterocycles. The average molecular weight is 315 g/mol. The summed E-state index contributed by atoms with van der Waals surface area (Å²) in [4.78, 5) is 0. The predicted molar refractivity (Wildman–Crippen MR) is 84.7 cm³/mol. The Morgan fingerprint density at radius 3 is 2.26 bits per heavy atom. The first-order chi connectivity index (χ1) is 8.97. The SMILES string of the molecule is Cc1ccc(NC(C)c2ccc(Cl)c(Cl)c2)cc1Cl. The van der Waals surface area contributed by atoms with E-state index in [1.54, 1.807) is 6.07 Å². The minimum Gasteiger partial charge on any atom is -0.378 e. The van der Waals surface area contributed by atoms with Gasteiger partial charge in [0.2, 0.25) is 0 Å². The molecule has 2 aromatic rings. The monoisotopic (exact) mass is 313 g/mol. The van der Waals surface area contributed by atoms with Crippen LogP contribution in [0.5, 0.6) is 0 Å². The van der Waals surface area contributed by atoms with Gasteiger partial charge < -0.3 is 5.32 Å². The van der Waals surface area contributed by atoms with Crippen molar-refractivity contribution in [3.8, 4) is 0 Å². The van der Waals surface area contributed by atoms with E-state index in [9.17, 15) is 0 Å². The fourth-order valence-corrected chi connectivity index (χ4v) is 2.28. The standard InChI is InChI=1S/C15H14Cl3N/c1-9-3-5-12(8-14(9)17)19-10(2)11-4-6-13(16)15(18)7-11/h3-8,10,19H,1-2H3. The molecule has 19 heavy (non-hydrogen) atoms. The number of halogens is 3. The Bertz CT molecular complexity index is 596. The highest BCUT2D eigenvalue weighted by molar-refractivity contribution is 6.42. The van der Waals surface area contributed by atoms with Crippen LogP contribution in [0.2, 0.25) is 15.1 Å². The van der Waals surface area contributed by atoms with Crippen LogP contribution in [0.1, 0.15) is 24.1 Å². The molecule has 1 N–H and O–H groups in total. The molecule has 0 saturated heterocycles. The Morgan fingerprint density at radius 2 is 1.63 bits per heavy atom. The van der Waals surface area contributed by atoms with Gasteiger partial charge in [-0.2, -0.15) is 0 Å². The minimum atomic E-state index is 0.119. The van der Waals surface area contributed by atoms with Crippen molar-refractivity contribution in [1.82, 2.24) is 0 Å². The third-order valence-electron chi connectivity index (χ3n) is 3.00. The maximum atomic E-state index is 6.11. The molecule has 2 aromatic carbocycles. The molecule has 1 nitrogen and oxygen atoms in total. The molecule has 0 saturated carbocycles. The van der Waals surface area contributed by atoms with E-state index in [0.29, 0.717) is 10.0 Å². The molecule has 0 spiro atoms. The lowest BCUT2D eigenvalue weighted by Gasteiger charge is -2.17. The quantitative estimate of drug-likeness (QED) is 0.718. The number of hydrogen-bond acceptors (Lipinski definition) is 1. The molecule has 0 radical (unpaired) electrons. The van der Waals surface area contributed by atoms with Gasteiger partial charge in [0.05, 0.1) is 10.0 Å². The van der Waals surface area contributed by atoms with E-state index in [2.05, 4.69) is 12.2 Å². The number of benzene rings is 2. The van der Waals surface area contributed by atoms with Gasteiger partial charge in [-0.3, -0.25) is 0 Å². The summed E-state index contributed by atoms with van der Waals surface area (Å²) >= 11 is 18.1. The molecule has 4 heteroatoms. The zero-order valence-electron chi connectivity index (χ0n) is 10.7. The molecule has 0 fully saturated rings. The zero-order valence-corrected chi connectivity index (χ0v) is 12.9. The fourth-order valence-electron chi connectivity index (χ4n) is 1.80. The predicted octanol–water partition coefficient (Wildman–Crippen LogP) is 6.13. The van der Waals surface area contributed by atoms with Gasteiger partial charge in [-0.1, -0.05) is 46.9 Å². The van der Waals surface area contributed by atoms with E-state index in [4.69, 9.17) is 34.8 Å². The molecular formula is C15H14Cl3N. The molecule has 0 bridgehead atoms. The van der Waals surface area contributed by atoms with Gasteiger partial charge in [-0.15, -0.1) is 0 Å². The van der Waals surface area contributed by atoms with Crippen LogP contribution < -0.4 is 5.32 Å². The third kappa shape index (κ3) is 3.56. The maximum absolute atomic E-state index is 6.11. The zero-order chi connectivity index (χ0) is 14.0. The van der Waals surface area contributed by atoms with Crippen molar-refractivity contribution < 1.29 is 0 Å². The third-order valence-corrected chi connectivity index (χ3v) is 4.14. The molecule has 0 aromatic heterocycles. The molecule has 2 rings (SSSR count). The average Bonchev–Trinajstić information content (AvgIpc) is 2.37. The van der Waals surface area contributed by atoms with Gasteiger partial charge in [0, 0.05) is 16.8 Å². The van der Waals surface area contributed by atoms with E-state index in [1.807, 2.05) is 37.3 Å². The number of nitrogens with one attached hydrogen (secondary N) is 1. The van der Waals surface area contributed by atoms with Crippen LogP contribution in [0.3, 0.4) is 0 Å². The van der Waals surface area contributed by atoms with E-state index in [1.165, 1.54) is 0 Å². The van der Waals surface area contributed by atoms with Crippen LogP contribution in [-0.4, -0.2) is 0 Å². The lowest BCUT2D eigenvalue weighted by atomic mass is 10.1. The summed E-state index contributed by atoms with van der Waals surface area (Å²) in [6.45, 7) is 4.04. The summed E-state index contributed by atoms with van der Waals surface area (Å²) in [5.41, 5.74) is 3.12. The molecule has 0 heterocycles. The molecular weight excluding hydrogens is 301 g/mol. The number of hydrogen-bond donors (Lipinski definition) is 1. The number of rotatable bonds is 3. The second kappa shape index (κ2) is 6.04. The van der Waals surface area contributed by atoms with Gasteiger partial charge >= 0.3 is 0 Å². The first kappa shape index (κ1) is 14.5.